The van der Waals surface area contributed by atoms with Crippen LogP contribution in [0.15, 0.2) is 18.3 Å². The normalized spacial score (nSPS) is 25.1. The summed E-state index contributed by atoms with van der Waals surface area (Å²) in [7, 11) is 0. The number of ether oxygens (including phenoxy) is 1. The van der Waals surface area contributed by atoms with E-state index in [-0.39, 0.29) is 5.91 Å². The van der Waals surface area contributed by atoms with E-state index in [0.29, 0.717) is 29.7 Å². The van der Waals surface area contributed by atoms with Crippen LogP contribution in [0.4, 0.5) is 0 Å². The van der Waals surface area contributed by atoms with Gasteiger partial charge in [-0.1, -0.05) is 12.8 Å². The van der Waals surface area contributed by atoms with Gasteiger partial charge in [0.1, 0.15) is 0 Å². The minimum absolute atomic E-state index is 0.105. The third kappa shape index (κ3) is 3.50. The monoisotopic (exact) mass is 344 g/mol. The van der Waals surface area contributed by atoms with Crippen molar-refractivity contribution < 1.29 is 9.53 Å². The lowest BCUT2D eigenvalue weighted by Crippen LogP contribution is -2.50. The highest BCUT2D eigenvalue weighted by Gasteiger charge is 2.31. The number of morpholine rings is 1. The van der Waals surface area contributed by atoms with E-state index >= 15 is 0 Å². The molecule has 0 unspecified atom stereocenters. The molecule has 2 aromatic heterocycles. The molecular weight excluding hydrogens is 320 g/mol. The number of rotatable bonds is 4. The highest BCUT2D eigenvalue weighted by molar-refractivity contribution is 5.99. The molecule has 25 heavy (non-hydrogen) atoms. The largest absolute Gasteiger partial charge is 0.379 e. The van der Waals surface area contributed by atoms with Crippen LogP contribution >= 0.6 is 0 Å². The Morgan fingerprint density at radius 2 is 2.12 bits per heavy atom. The second kappa shape index (κ2) is 7.45. The van der Waals surface area contributed by atoms with Gasteiger partial charge in [0.05, 0.1) is 18.8 Å². The summed E-state index contributed by atoms with van der Waals surface area (Å²) in [6, 6.07) is 4.10. The minimum atomic E-state index is -0.105. The summed E-state index contributed by atoms with van der Waals surface area (Å²) >= 11 is 0. The maximum absolute atomic E-state index is 12.6. The maximum atomic E-state index is 12.6. The molecule has 2 atom stereocenters. The average molecular weight is 344 g/mol. The first-order valence-electron chi connectivity index (χ1n) is 9.09. The first kappa shape index (κ1) is 16.4. The van der Waals surface area contributed by atoms with Crippen LogP contribution in [0.3, 0.4) is 0 Å². The lowest BCUT2D eigenvalue weighted by atomic mass is 9.83. The van der Waals surface area contributed by atoms with E-state index in [0.717, 1.165) is 26.3 Å². The van der Waals surface area contributed by atoms with Crippen LogP contribution in [-0.2, 0) is 4.74 Å². The van der Waals surface area contributed by atoms with Crippen molar-refractivity contribution >= 4 is 11.6 Å². The Morgan fingerprint density at radius 3 is 3.00 bits per heavy atom. The first-order chi connectivity index (χ1) is 12.3. The molecule has 4 rings (SSSR count). The zero-order valence-corrected chi connectivity index (χ0v) is 14.3. The van der Waals surface area contributed by atoms with Crippen molar-refractivity contribution in [1.29, 1.82) is 0 Å². The first-order valence-corrected chi connectivity index (χ1v) is 9.09. The van der Waals surface area contributed by atoms with E-state index < -0.39 is 0 Å². The van der Waals surface area contributed by atoms with E-state index in [1.165, 1.54) is 30.2 Å². The quantitative estimate of drug-likeness (QED) is 0.881. The SMILES string of the molecule is O=C(NC[C@@H]1CCCC[C@@H]1N1CCOCC1)c1cccn2nnnc12. The lowest BCUT2D eigenvalue weighted by molar-refractivity contribution is -0.00701. The number of hydrogen-bond acceptors (Lipinski definition) is 6. The van der Waals surface area contributed by atoms with Crippen molar-refractivity contribution in [3.05, 3.63) is 23.9 Å². The standard InChI is InChI=1S/C17H24N6O2/c24-17(14-5-3-7-23-16(14)19-20-21-23)18-12-13-4-1-2-6-15(13)22-8-10-25-11-9-22/h3,5,7,13,15H,1-2,4,6,8-12H2,(H,18,24)/t13-,15-/m0/s1. The van der Waals surface area contributed by atoms with Gasteiger partial charge in [0, 0.05) is 31.9 Å². The molecule has 0 radical (unpaired) electrons. The lowest BCUT2D eigenvalue weighted by Gasteiger charge is -2.41. The molecule has 1 aliphatic carbocycles. The van der Waals surface area contributed by atoms with E-state index in [2.05, 4.69) is 25.7 Å². The van der Waals surface area contributed by atoms with Crippen LogP contribution in [0.5, 0.6) is 0 Å². The number of pyridine rings is 1. The zero-order chi connectivity index (χ0) is 17.1. The van der Waals surface area contributed by atoms with E-state index in [9.17, 15) is 4.79 Å². The number of hydrogen-bond donors (Lipinski definition) is 1. The molecule has 2 aliphatic rings. The summed E-state index contributed by atoms with van der Waals surface area (Å²) < 4.78 is 7.00. The van der Waals surface area contributed by atoms with Gasteiger partial charge >= 0.3 is 0 Å². The summed E-state index contributed by atoms with van der Waals surface area (Å²) in [5, 5.41) is 14.5. The third-order valence-corrected chi connectivity index (χ3v) is 5.38. The maximum Gasteiger partial charge on any atom is 0.255 e. The fourth-order valence-corrected chi connectivity index (χ4v) is 4.08. The molecule has 1 N–H and O–H groups in total. The van der Waals surface area contributed by atoms with Crippen molar-refractivity contribution in [2.24, 2.45) is 5.92 Å². The van der Waals surface area contributed by atoms with E-state index in [4.69, 9.17) is 4.74 Å². The predicted octanol–water partition coefficient (Wildman–Crippen LogP) is 0.745. The number of carbonyl (C=O) groups is 1. The molecule has 1 saturated heterocycles. The highest BCUT2D eigenvalue weighted by Crippen LogP contribution is 2.28. The molecule has 0 bridgehead atoms. The Labute approximate surface area is 146 Å². The molecule has 1 saturated carbocycles. The van der Waals surface area contributed by atoms with Gasteiger partial charge in [0.25, 0.3) is 5.91 Å². The number of nitrogens with zero attached hydrogens (tertiary/aromatic N) is 5. The Morgan fingerprint density at radius 1 is 1.28 bits per heavy atom. The Balaban J connectivity index is 1.42. The molecular formula is C17H24N6O2. The molecule has 3 heterocycles. The second-order valence-corrected chi connectivity index (χ2v) is 6.84. The molecule has 1 aliphatic heterocycles. The van der Waals surface area contributed by atoms with Crippen LogP contribution in [-0.4, -0.2) is 69.7 Å². The van der Waals surface area contributed by atoms with E-state index in [1.54, 1.807) is 18.3 Å². The summed E-state index contributed by atoms with van der Waals surface area (Å²) in [5.74, 6) is 0.387. The fraction of sp³-hybridized carbons (Fsp3) is 0.647. The van der Waals surface area contributed by atoms with Gasteiger partial charge in [0.15, 0.2) is 5.65 Å². The van der Waals surface area contributed by atoms with Crippen LogP contribution < -0.4 is 5.32 Å². The van der Waals surface area contributed by atoms with Crippen LogP contribution in [0.1, 0.15) is 36.0 Å². The van der Waals surface area contributed by atoms with Gasteiger partial charge < -0.3 is 10.1 Å². The van der Waals surface area contributed by atoms with Gasteiger partial charge in [0.2, 0.25) is 0 Å². The van der Waals surface area contributed by atoms with Gasteiger partial charge in [-0.25, -0.2) is 0 Å². The number of aromatic nitrogens is 4. The number of tetrazole rings is 1. The molecule has 8 nitrogen and oxygen atoms in total. The van der Waals surface area contributed by atoms with Crippen molar-refractivity contribution in [3.63, 3.8) is 0 Å². The molecule has 0 spiro atoms. The summed E-state index contributed by atoms with van der Waals surface area (Å²) in [6.45, 7) is 4.33. The number of fused-ring (bicyclic) bond motifs is 1. The van der Waals surface area contributed by atoms with Gasteiger partial charge in [-0.05, 0) is 41.3 Å². The average Bonchev–Trinajstić information content (AvgIpc) is 3.16. The van der Waals surface area contributed by atoms with Crippen LogP contribution in [0.25, 0.3) is 5.65 Å². The van der Waals surface area contributed by atoms with Gasteiger partial charge in [-0.3, -0.25) is 9.69 Å². The van der Waals surface area contributed by atoms with Gasteiger partial charge in [-0.2, -0.15) is 4.52 Å². The Hall–Kier alpha value is -2.06. The number of nitrogens with one attached hydrogen (secondary N) is 1. The Kier molecular flexibility index (Phi) is 4.89. The van der Waals surface area contributed by atoms with Crippen LogP contribution in [0.2, 0.25) is 0 Å². The van der Waals surface area contributed by atoms with Crippen molar-refractivity contribution in [1.82, 2.24) is 30.3 Å². The Bertz CT molecular complexity index is 727. The molecule has 0 aromatic carbocycles. The molecule has 134 valence electrons. The fourth-order valence-electron chi connectivity index (χ4n) is 4.08. The summed E-state index contributed by atoms with van der Waals surface area (Å²) in [6.07, 6.45) is 6.63. The smallest absolute Gasteiger partial charge is 0.255 e. The van der Waals surface area contributed by atoms with Crippen LogP contribution in [0, 0.1) is 5.92 Å². The summed E-state index contributed by atoms with van der Waals surface area (Å²) in [4.78, 5) is 15.2. The van der Waals surface area contributed by atoms with E-state index in [1.807, 2.05) is 0 Å². The second-order valence-electron chi connectivity index (χ2n) is 6.84. The molecule has 2 aromatic rings. The number of carbonyl (C=O) groups excluding carboxylic acids is 1. The van der Waals surface area contributed by atoms with Gasteiger partial charge in [-0.15, -0.1) is 5.10 Å². The molecule has 1 amide bonds. The molecule has 2 fully saturated rings. The van der Waals surface area contributed by atoms with Crippen molar-refractivity contribution in [2.75, 3.05) is 32.8 Å². The van der Waals surface area contributed by atoms with Crippen molar-refractivity contribution in [3.8, 4) is 0 Å². The predicted molar refractivity (Wildman–Crippen MR) is 91.3 cm³/mol. The summed E-state index contributed by atoms with van der Waals surface area (Å²) in [5.41, 5.74) is 1.01. The number of amides is 1. The third-order valence-electron chi connectivity index (χ3n) is 5.38. The van der Waals surface area contributed by atoms with Crippen molar-refractivity contribution in [2.45, 2.75) is 31.7 Å². The topological polar surface area (TPSA) is 84.7 Å². The highest BCUT2D eigenvalue weighted by atomic mass is 16.5. The molecule has 8 heteroatoms. The zero-order valence-electron chi connectivity index (χ0n) is 14.3. The minimum Gasteiger partial charge on any atom is -0.379 e.